The second-order valence-electron chi connectivity index (χ2n) is 6.16. The van der Waals surface area contributed by atoms with Crippen molar-refractivity contribution in [1.82, 2.24) is 9.21 Å². The van der Waals surface area contributed by atoms with E-state index in [1.807, 2.05) is 13.8 Å². The van der Waals surface area contributed by atoms with E-state index < -0.39 is 15.6 Å². The number of carbonyl (C=O) groups excluding carboxylic acids is 1. The summed E-state index contributed by atoms with van der Waals surface area (Å²) < 4.78 is 25.0. The first-order chi connectivity index (χ1) is 9.63. The minimum atomic E-state index is -3.18. The molecule has 2 N–H and O–H groups in total. The molecule has 1 unspecified atom stereocenters. The minimum absolute atomic E-state index is 0. The van der Waals surface area contributed by atoms with Gasteiger partial charge in [0, 0.05) is 25.7 Å². The van der Waals surface area contributed by atoms with Gasteiger partial charge < -0.3 is 10.6 Å². The Morgan fingerprint density at radius 2 is 1.82 bits per heavy atom. The lowest BCUT2D eigenvalue weighted by atomic mass is 9.94. The number of rotatable bonds is 6. The molecular weight excluding hydrogens is 326 g/mol. The summed E-state index contributed by atoms with van der Waals surface area (Å²) in [5.41, 5.74) is 5.28. The van der Waals surface area contributed by atoms with Crippen molar-refractivity contribution in [2.75, 3.05) is 25.9 Å². The number of amides is 1. The second kappa shape index (κ2) is 8.47. The average molecular weight is 356 g/mol. The number of hydrogen-bond donors (Lipinski definition) is 1. The van der Waals surface area contributed by atoms with Gasteiger partial charge in [0.15, 0.2) is 0 Å². The topological polar surface area (TPSA) is 83.7 Å². The molecular formula is C14H30ClN3O3S. The number of hydrogen-bond acceptors (Lipinski definition) is 4. The highest BCUT2D eigenvalue weighted by Gasteiger charge is 2.36. The Labute approximate surface area is 140 Å². The Balaban J connectivity index is 0.00000441. The minimum Gasteiger partial charge on any atom is -0.341 e. The fourth-order valence-electron chi connectivity index (χ4n) is 3.11. The van der Waals surface area contributed by atoms with Gasteiger partial charge in [0.05, 0.1) is 11.8 Å². The maximum absolute atomic E-state index is 12.4. The third-order valence-electron chi connectivity index (χ3n) is 4.15. The predicted molar refractivity (Wildman–Crippen MR) is 91.6 cm³/mol. The lowest BCUT2D eigenvalue weighted by Crippen LogP contribution is -2.56. The lowest BCUT2D eigenvalue weighted by Gasteiger charge is -2.39. The molecule has 1 atom stereocenters. The summed E-state index contributed by atoms with van der Waals surface area (Å²) in [7, 11) is -3.18. The monoisotopic (exact) mass is 355 g/mol. The van der Waals surface area contributed by atoms with Crippen LogP contribution in [-0.4, -0.2) is 61.0 Å². The largest absolute Gasteiger partial charge is 0.341 e. The van der Waals surface area contributed by atoms with E-state index in [1.165, 1.54) is 10.6 Å². The van der Waals surface area contributed by atoms with Crippen molar-refractivity contribution in [2.45, 2.75) is 58.0 Å². The highest BCUT2D eigenvalue weighted by atomic mass is 35.5. The van der Waals surface area contributed by atoms with Crippen LogP contribution in [0.5, 0.6) is 0 Å². The van der Waals surface area contributed by atoms with Crippen LogP contribution >= 0.6 is 12.4 Å². The standard InChI is InChI=1S/C14H29N3O3S.ClH/c1-5-9-14(3,15)13(18)16-10-7-12(8-11-16)17(6-2)21(4,19)20;/h12H,5-11,15H2,1-4H3;1H. The van der Waals surface area contributed by atoms with Crippen LogP contribution in [0.25, 0.3) is 0 Å². The molecule has 0 aromatic heterocycles. The van der Waals surface area contributed by atoms with Gasteiger partial charge in [0.1, 0.15) is 0 Å². The Kier molecular flexibility index (Phi) is 8.33. The number of sulfonamides is 1. The third-order valence-corrected chi connectivity index (χ3v) is 5.56. The number of carbonyl (C=O) groups is 1. The highest BCUT2D eigenvalue weighted by molar-refractivity contribution is 7.88. The van der Waals surface area contributed by atoms with Crippen LogP contribution in [0.15, 0.2) is 0 Å². The van der Waals surface area contributed by atoms with Gasteiger partial charge in [0.2, 0.25) is 15.9 Å². The van der Waals surface area contributed by atoms with E-state index in [1.54, 1.807) is 11.8 Å². The quantitative estimate of drug-likeness (QED) is 0.775. The molecule has 8 heteroatoms. The summed E-state index contributed by atoms with van der Waals surface area (Å²) in [5, 5.41) is 0. The summed E-state index contributed by atoms with van der Waals surface area (Å²) in [6.07, 6.45) is 4.12. The first-order valence-corrected chi connectivity index (χ1v) is 9.53. The van der Waals surface area contributed by atoms with Gasteiger partial charge in [-0.1, -0.05) is 20.3 Å². The molecule has 1 amide bonds. The van der Waals surface area contributed by atoms with Crippen molar-refractivity contribution in [2.24, 2.45) is 5.73 Å². The maximum Gasteiger partial charge on any atom is 0.242 e. The zero-order chi connectivity index (χ0) is 16.3. The summed E-state index contributed by atoms with van der Waals surface area (Å²) in [6.45, 7) is 7.26. The molecule has 0 spiro atoms. The summed E-state index contributed by atoms with van der Waals surface area (Å²) >= 11 is 0. The average Bonchev–Trinajstić information content (AvgIpc) is 2.38. The Hall–Kier alpha value is -0.370. The van der Waals surface area contributed by atoms with E-state index in [0.29, 0.717) is 38.9 Å². The number of likely N-dealkylation sites (tertiary alicyclic amines) is 1. The van der Waals surface area contributed by atoms with Gasteiger partial charge in [-0.15, -0.1) is 12.4 Å². The second-order valence-corrected chi connectivity index (χ2v) is 8.09. The summed E-state index contributed by atoms with van der Waals surface area (Å²) in [6, 6.07) is -0.00995. The third kappa shape index (κ3) is 5.37. The SMILES string of the molecule is CCCC(C)(N)C(=O)N1CCC(N(CC)S(C)(=O)=O)CC1.Cl. The van der Waals surface area contributed by atoms with Crippen molar-refractivity contribution < 1.29 is 13.2 Å². The van der Waals surface area contributed by atoms with E-state index in [9.17, 15) is 13.2 Å². The van der Waals surface area contributed by atoms with Crippen molar-refractivity contribution >= 4 is 28.3 Å². The molecule has 0 aliphatic carbocycles. The fraction of sp³-hybridized carbons (Fsp3) is 0.929. The zero-order valence-electron chi connectivity index (χ0n) is 14.0. The molecule has 1 heterocycles. The summed E-state index contributed by atoms with van der Waals surface area (Å²) in [5.74, 6) is -0.0230. The van der Waals surface area contributed by atoms with Gasteiger partial charge in [-0.2, -0.15) is 4.31 Å². The van der Waals surface area contributed by atoms with Crippen LogP contribution in [0.2, 0.25) is 0 Å². The van der Waals surface area contributed by atoms with Crippen LogP contribution in [0.1, 0.15) is 46.5 Å². The van der Waals surface area contributed by atoms with E-state index in [-0.39, 0.29) is 24.4 Å². The van der Waals surface area contributed by atoms with Crippen LogP contribution < -0.4 is 5.73 Å². The van der Waals surface area contributed by atoms with E-state index >= 15 is 0 Å². The molecule has 0 aromatic carbocycles. The zero-order valence-corrected chi connectivity index (χ0v) is 15.7. The Morgan fingerprint density at radius 1 is 1.32 bits per heavy atom. The van der Waals surface area contributed by atoms with E-state index in [2.05, 4.69) is 0 Å². The molecule has 1 aliphatic rings. The molecule has 132 valence electrons. The normalized spacial score (nSPS) is 19.6. The molecule has 6 nitrogen and oxygen atoms in total. The molecule has 1 rings (SSSR count). The van der Waals surface area contributed by atoms with Gasteiger partial charge in [0.25, 0.3) is 0 Å². The molecule has 0 aromatic rings. The van der Waals surface area contributed by atoms with Crippen molar-refractivity contribution in [1.29, 1.82) is 0 Å². The molecule has 1 saturated heterocycles. The van der Waals surface area contributed by atoms with Crippen LogP contribution in [0, 0.1) is 0 Å². The summed E-state index contributed by atoms with van der Waals surface area (Å²) in [4.78, 5) is 14.2. The van der Waals surface area contributed by atoms with E-state index in [0.717, 1.165) is 6.42 Å². The Bertz CT molecular complexity index is 460. The van der Waals surface area contributed by atoms with Crippen molar-refractivity contribution in [3.8, 4) is 0 Å². The van der Waals surface area contributed by atoms with Gasteiger partial charge in [-0.25, -0.2) is 8.42 Å². The fourth-order valence-corrected chi connectivity index (χ4v) is 4.33. The first-order valence-electron chi connectivity index (χ1n) is 7.68. The van der Waals surface area contributed by atoms with Crippen LogP contribution in [-0.2, 0) is 14.8 Å². The molecule has 0 bridgehead atoms. The number of nitrogens with two attached hydrogens (primary N) is 1. The van der Waals surface area contributed by atoms with Gasteiger partial charge in [-0.05, 0) is 26.2 Å². The van der Waals surface area contributed by atoms with Crippen molar-refractivity contribution in [3.05, 3.63) is 0 Å². The lowest BCUT2D eigenvalue weighted by molar-refractivity contribution is -0.138. The molecule has 0 radical (unpaired) electrons. The number of halogens is 1. The predicted octanol–water partition coefficient (Wildman–Crippen LogP) is 1.20. The molecule has 22 heavy (non-hydrogen) atoms. The van der Waals surface area contributed by atoms with Gasteiger partial charge >= 0.3 is 0 Å². The van der Waals surface area contributed by atoms with Crippen molar-refractivity contribution in [3.63, 3.8) is 0 Å². The maximum atomic E-state index is 12.4. The molecule has 1 aliphatic heterocycles. The first kappa shape index (κ1) is 21.6. The highest BCUT2D eigenvalue weighted by Crippen LogP contribution is 2.22. The molecule has 0 saturated carbocycles. The molecule has 1 fully saturated rings. The van der Waals surface area contributed by atoms with Gasteiger partial charge in [-0.3, -0.25) is 4.79 Å². The number of nitrogens with zero attached hydrogens (tertiary/aromatic N) is 2. The smallest absolute Gasteiger partial charge is 0.242 e. The van der Waals surface area contributed by atoms with E-state index in [4.69, 9.17) is 5.73 Å². The van der Waals surface area contributed by atoms with Crippen LogP contribution in [0.4, 0.5) is 0 Å². The Morgan fingerprint density at radius 3 is 2.18 bits per heavy atom. The number of piperidine rings is 1. The van der Waals surface area contributed by atoms with Crippen LogP contribution in [0.3, 0.4) is 0 Å².